The number of carbonyl (C=O) groups is 2. The van der Waals surface area contributed by atoms with E-state index in [0.29, 0.717) is 37.3 Å². The van der Waals surface area contributed by atoms with Gasteiger partial charge in [-0.3, -0.25) is 40.0 Å². The first kappa shape index (κ1) is 47.1. The topological polar surface area (TPSA) is 195 Å². The quantitative estimate of drug-likeness (QED) is 0.170. The highest BCUT2D eigenvalue weighted by Crippen LogP contribution is 2.23. The van der Waals surface area contributed by atoms with Gasteiger partial charge in [0.1, 0.15) is 0 Å². The molecule has 5 rings (SSSR count). The Kier molecular flexibility index (Phi) is 20.7. The highest BCUT2D eigenvalue weighted by atomic mass is 79.9. The fourth-order valence-electron chi connectivity index (χ4n) is 4.85. The number of hydrogen-bond donors (Lipinski definition) is 1. The van der Waals surface area contributed by atoms with E-state index in [1.807, 2.05) is 9.80 Å². The van der Waals surface area contributed by atoms with Gasteiger partial charge < -0.3 is 19.9 Å². The molecule has 21 heteroatoms. The molecule has 0 aromatic heterocycles. The number of nitrogens with one attached hydrogen (secondary N) is 1. The molecule has 296 valence electrons. The molecule has 0 radical (unpaired) electrons. The first-order valence-electron chi connectivity index (χ1n) is 15.9. The van der Waals surface area contributed by atoms with Crippen LogP contribution in [-0.2, 0) is 21.4 Å². The Morgan fingerprint density at radius 2 is 1.19 bits per heavy atom. The predicted octanol–water partition coefficient (Wildman–Crippen LogP) is 6.15. The lowest BCUT2D eigenvalue weighted by molar-refractivity contribution is -0.387. The van der Waals surface area contributed by atoms with Crippen LogP contribution in [0.5, 0.6) is 0 Å². The van der Waals surface area contributed by atoms with E-state index in [-0.39, 0.29) is 41.8 Å². The average molecular weight is 851 g/mol. The lowest BCUT2D eigenvalue weighted by atomic mass is 10.1. The molecule has 0 atom stereocenters. The summed E-state index contributed by atoms with van der Waals surface area (Å²) in [4.78, 5) is 56.3. The summed E-state index contributed by atoms with van der Waals surface area (Å²) in [5, 5.41) is 34.5. The third-order valence-electron chi connectivity index (χ3n) is 7.78. The highest BCUT2D eigenvalue weighted by molar-refractivity contribution is 9.08. The van der Waals surface area contributed by atoms with Crippen LogP contribution in [0, 0.1) is 54.7 Å². The number of methoxy groups -OCH3 is 1. The van der Waals surface area contributed by atoms with Crippen molar-refractivity contribution < 1.29 is 42.3 Å². The van der Waals surface area contributed by atoms with Gasteiger partial charge in [0.25, 0.3) is 0 Å². The molecule has 2 saturated heterocycles. The molecule has 16 nitrogen and oxygen atoms in total. The van der Waals surface area contributed by atoms with Crippen LogP contribution in [0.25, 0.3) is 0 Å². The summed E-state index contributed by atoms with van der Waals surface area (Å²) in [7, 11) is 1.33. The molecule has 1 N–H and O–H groups in total. The minimum absolute atomic E-state index is 0. The van der Waals surface area contributed by atoms with Crippen molar-refractivity contribution in [2.45, 2.75) is 25.7 Å². The highest BCUT2D eigenvalue weighted by Gasteiger charge is 2.24. The van der Waals surface area contributed by atoms with Crippen molar-refractivity contribution in [3.05, 3.63) is 119 Å². The second kappa shape index (κ2) is 23.7. The number of ether oxygens (including phenoxy) is 1. The van der Waals surface area contributed by atoms with Gasteiger partial charge in [-0.05, 0) is 12.5 Å². The molecule has 2 amide bonds. The number of aryl methyl sites for hydroxylation is 1. The first-order valence-corrected chi connectivity index (χ1v) is 17.0. The zero-order valence-corrected chi connectivity index (χ0v) is 31.9. The molecule has 2 fully saturated rings. The zero-order chi connectivity index (χ0) is 39.7. The molecule has 2 aliphatic rings. The van der Waals surface area contributed by atoms with Crippen molar-refractivity contribution in [2.24, 2.45) is 0 Å². The van der Waals surface area contributed by atoms with Crippen LogP contribution in [0.2, 0.25) is 0 Å². The maximum atomic E-state index is 14.0. The fourth-order valence-corrected chi connectivity index (χ4v) is 5.28. The van der Waals surface area contributed by atoms with Gasteiger partial charge in [0.05, 0.1) is 21.9 Å². The van der Waals surface area contributed by atoms with Crippen LogP contribution in [0.1, 0.15) is 23.6 Å². The summed E-state index contributed by atoms with van der Waals surface area (Å²) < 4.78 is 44.5. The van der Waals surface area contributed by atoms with Crippen molar-refractivity contribution >= 4 is 57.4 Å². The van der Waals surface area contributed by atoms with Gasteiger partial charge in [-0.1, -0.05) is 52.3 Å². The average Bonchev–Trinajstić information content (AvgIpc) is 3.14. The van der Waals surface area contributed by atoms with Crippen LogP contribution in [0.4, 0.5) is 35.0 Å². The molecule has 2 heterocycles. The van der Waals surface area contributed by atoms with Crippen LogP contribution in [0.3, 0.4) is 0 Å². The molecule has 0 unspecified atom stereocenters. The summed E-state index contributed by atoms with van der Waals surface area (Å²) in [5.41, 5.74) is -0.586. The van der Waals surface area contributed by atoms with Crippen LogP contribution < -0.4 is 5.32 Å². The number of benzene rings is 3. The zero-order valence-electron chi connectivity index (χ0n) is 29.5. The van der Waals surface area contributed by atoms with E-state index >= 15 is 0 Å². The number of amides is 2. The maximum absolute atomic E-state index is 14.0. The second-order valence-corrected chi connectivity index (χ2v) is 11.9. The van der Waals surface area contributed by atoms with Gasteiger partial charge in [-0.15, -0.1) is 12.4 Å². The number of halogens is 5. The third-order valence-corrected chi connectivity index (χ3v) is 8.39. The summed E-state index contributed by atoms with van der Waals surface area (Å²) in [6, 6.07) is 12.3. The molecule has 0 bridgehead atoms. The molecular formula is C33H40BrClF3N7O9. The minimum Gasteiger partial charge on any atom is -0.453 e. The van der Waals surface area contributed by atoms with Crippen molar-refractivity contribution in [3.8, 4) is 0 Å². The minimum atomic E-state index is -0.794. The number of carbonyl (C=O) groups excluding carboxylic acids is 2. The van der Waals surface area contributed by atoms with Gasteiger partial charge in [0.15, 0.2) is 0 Å². The van der Waals surface area contributed by atoms with Crippen molar-refractivity contribution in [3.63, 3.8) is 0 Å². The Morgan fingerprint density at radius 3 is 1.59 bits per heavy atom. The van der Waals surface area contributed by atoms with E-state index in [0.717, 1.165) is 44.4 Å². The van der Waals surface area contributed by atoms with Gasteiger partial charge in [-0.25, -0.2) is 4.79 Å². The van der Waals surface area contributed by atoms with Gasteiger partial charge in [0, 0.05) is 100 Å². The Bertz CT molecular complexity index is 1750. The Hall–Kier alpha value is -4.92. The van der Waals surface area contributed by atoms with Crippen molar-refractivity contribution in [1.82, 2.24) is 20.0 Å². The SMILES string of the molecule is CC(=O)N1CCNCC1.COC(=O)N1CCN(Cc2cccc([N+](=O)[O-])c2F)CC1.Cc1cccc([N+](=O)[O-])c1F.Cl.O=[N+]([O-])c1cccc(CBr)c1F. The summed E-state index contributed by atoms with van der Waals surface area (Å²) in [6.07, 6.45) is -0.379. The maximum Gasteiger partial charge on any atom is 0.409 e. The van der Waals surface area contributed by atoms with E-state index in [1.54, 1.807) is 11.8 Å². The Labute approximate surface area is 323 Å². The summed E-state index contributed by atoms with van der Waals surface area (Å²) in [6.45, 7) is 9.13. The lowest BCUT2D eigenvalue weighted by Gasteiger charge is -2.33. The number of rotatable bonds is 6. The smallest absolute Gasteiger partial charge is 0.409 e. The van der Waals surface area contributed by atoms with E-state index in [2.05, 4.69) is 26.0 Å². The van der Waals surface area contributed by atoms with Crippen LogP contribution >= 0.6 is 28.3 Å². The number of nitro benzene ring substituents is 3. The van der Waals surface area contributed by atoms with E-state index in [4.69, 9.17) is 0 Å². The molecule has 3 aromatic carbocycles. The molecule has 54 heavy (non-hydrogen) atoms. The third kappa shape index (κ3) is 14.5. The van der Waals surface area contributed by atoms with Gasteiger partial charge in [-0.2, -0.15) is 13.2 Å². The molecule has 0 saturated carbocycles. The van der Waals surface area contributed by atoms with Crippen LogP contribution in [-0.4, -0.2) is 101 Å². The van der Waals surface area contributed by atoms with E-state index in [1.165, 1.54) is 50.4 Å². The number of piperazine rings is 2. The monoisotopic (exact) mass is 849 g/mol. The standard InChI is InChI=1S/C13H16FN3O4.C7H5BrFNO2.C7H6FNO2.C6H12N2O.ClH/c1-21-13(18)16-7-5-15(6-8-16)9-10-3-2-4-11(12(10)14)17(19)20;8-4-5-2-1-3-6(7(5)9)10(11)12;1-5-3-2-4-6(7(5)8)9(10)11;1-6(9)8-4-2-7-3-5-8;/h2-4H,5-9H2,1H3;1-3H,4H2;2-4H,1H3;7H,2-5H2,1H3;1H. The normalized spacial score (nSPS) is 13.6. The van der Waals surface area contributed by atoms with E-state index in [9.17, 15) is 53.1 Å². The summed E-state index contributed by atoms with van der Waals surface area (Å²) in [5.74, 6) is -2.12. The number of alkyl halides is 1. The number of hydrogen-bond acceptors (Lipinski definition) is 11. The second-order valence-electron chi connectivity index (χ2n) is 11.3. The molecule has 0 aliphatic carbocycles. The van der Waals surface area contributed by atoms with Crippen molar-refractivity contribution in [1.29, 1.82) is 0 Å². The first-order chi connectivity index (χ1) is 25.1. The van der Waals surface area contributed by atoms with Crippen LogP contribution in [0.15, 0.2) is 54.6 Å². The van der Waals surface area contributed by atoms with Crippen molar-refractivity contribution in [2.75, 3.05) is 59.5 Å². The number of nitrogens with zero attached hydrogens (tertiary/aromatic N) is 6. The lowest BCUT2D eigenvalue weighted by Crippen LogP contribution is -2.48. The fraction of sp³-hybridized carbons (Fsp3) is 0.394. The van der Waals surface area contributed by atoms with E-state index < -0.39 is 49.3 Å². The number of nitro groups is 3. The molecule has 2 aliphatic heterocycles. The predicted molar refractivity (Wildman–Crippen MR) is 198 cm³/mol. The molecule has 0 spiro atoms. The Morgan fingerprint density at radius 1 is 0.741 bits per heavy atom. The molecule has 3 aromatic rings. The largest absolute Gasteiger partial charge is 0.453 e. The Balaban J connectivity index is 0.000000380. The van der Waals surface area contributed by atoms with Gasteiger partial charge in [0.2, 0.25) is 23.4 Å². The molecular weight excluding hydrogens is 811 g/mol. The summed E-state index contributed by atoms with van der Waals surface area (Å²) >= 11 is 3.03. The van der Waals surface area contributed by atoms with Gasteiger partial charge >= 0.3 is 23.2 Å².